The molecular formula is C14H20FNO. The van der Waals surface area contributed by atoms with Crippen molar-refractivity contribution in [3.05, 3.63) is 35.1 Å². The van der Waals surface area contributed by atoms with Gasteiger partial charge in [-0.05, 0) is 35.6 Å². The molecule has 0 aromatic heterocycles. The molecule has 1 aliphatic carbocycles. The Morgan fingerprint density at radius 3 is 2.76 bits per heavy atom. The molecule has 0 saturated heterocycles. The summed E-state index contributed by atoms with van der Waals surface area (Å²) in [5.41, 5.74) is 7.45. The molecule has 1 aromatic carbocycles. The minimum Gasteiger partial charge on any atom is -0.377 e. The predicted molar refractivity (Wildman–Crippen MR) is 65.9 cm³/mol. The van der Waals surface area contributed by atoms with Crippen molar-refractivity contribution in [1.82, 2.24) is 0 Å². The van der Waals surface area contributed by atoms with Gasteiger partial charge in [-0.15, -0.1) is 0 Å². The number of hydrogen-bond donors (Lipinski definition) is 1. The highest BCUT2D eigenvalue weighted by atomic mass is 19.1. The summed E-state index contributed by atoms with van der Waals surface area (Å²) in [5.74, 6) is 0.635. The van der Waals surface area contributed by atoms with Gasteiger partial charge in [0.1, 0.15) is 5.82 Å². The highest BCUT2D eigenvalue weighted by Gasteiger charge is 2.16. The van der Waals surface area contributed by atoms with Gasteiger partial charge in [0.15, 0.2) is 0 Å². The number of ether oxygens (including phenoxy) is 1. The zero-order chi connectivity index (χ0) is 12.1. The van der Waals surface area contributed by atoms with Gasteiger partial charge in [0.25, 0.3) is 0 Å². The lowest BCUT2D eigenvalue weighted by Gasteiger charge is -2.24. The zero-order valence-electron chi connectivity index (χ0n) is 10.1. The van der Waals surface area contributed by atoms with Crippen LogP contribution in [0.15, 0.2) is 18.2 Å². The first-order valence-electron chi connectivity index (χ1n) is 6.34. The molecule has 1 fully saturated rings. The van der Waals surface area contributed by atoms with Gasteiger partial charge < -0.3 is 10.5 Å². The molecule has 0 spiro atoms. The number of rotatable bonds is 6. The maximum atomic E-state index is 13.1. The minimum absolute atomic E-state index is 0.222. The van der Waals surface area contributed by atoms with E-state index in [4.69, 9.17) is 10.5 Å². The Bertz CT molecular complexity index is 363. The first-order valence-corrected chi connectivity index (χ1v) is 6.34. The molecule has 0 bridgehead atoms. The number of nitrogens with two attached hydrogens (primary N) is 1. The molecular weight excluding hydrogens is 217 g/mol. The maximum absolute atomic E-state index is 13.1. The fraction of sp³-hybridized carbons (Fsp3) is 0.571. The summed E-state index contributed by atoms with van der Waals surface area (Å²) in [7, 11) is 0. The van der Waals surface area contributed by atoms with Crippen molar-refractivity contribution >= 4 is 0 Å². The van der Waals surface area contributed by atoms with E-state index in [1.165, 1.54) is 31.4 Å². The van der Waals surface area contributed by atoms with Gasteiger partial charge in [0, 0.05) is 13.2 Å². The van der Waals surface area contributed by atoms with Crippen LogP contribution in [-0.2, 0) is 17.9 Å². The molecule has 0 unspecified atom stereocenters. The van der Waals surface area contributed by atoms with Crippen LogP contribution in [0, 0.1) is 11.7 Å². The van der Waals surface area contributed by atoms with Crippen molar-refractivity contribution in [3.63, 3.8) is 0 Å². The van der Waals surface area contributed by atoms with Gasteiger partial charge in [0.05, 0.1) is 6.61 Å². The molecule has 2 nitrogen and oxygen atoms in total. The second-order valence-corrected chi connectivity index (χ2v) is 4.76. The number of benzene rings is 1. The second-order valence-electron chi connectivity index (χ2n) is 4.76. The van der Waals surface area contributed by atoms with Crippen LogP contribution in [0.3, 0.4) is 0 Å². The molecule has 1 saturated carbocycles. The Hall–Kier alpha value is -0.930. The first-order chi connectivity index (χ1) is 8.29. The summed E-state index contributed by atoms with van der Waals surface area (Å²) < 4.78 is 18.7. The van der Waals surface area contributed by atoms with Crippen LogP contribution in [-0.4, -0.2) is 6.61 Å². The van der Waals surface area contributed by atoms with Crippen molar-refractivity contribution < 1.29 is 9.13 Å². The molecule has 0 heterocycles. The number of hydrogen-bond acceptors (Lipinski definition) is 2. The molecule has 17 heavy (non-hydrogen) atoms. The summed E-state index contributed by atoms with van der Waals surface area (Å²) >= 11 is 0. The largest absolute Gasteiger partial charge is 0.377 e. The lowest BCUT2D eigenvalue weighted by molar-refractivity contribution is 0.0944. The van der Waals surface area contributed by atoms with E-state index < -0.39 is 0 Å². The predicted octanol–water partition coefficient (Wildman–Crippen LogP) is 2.99. The Morgan fingerprint density at radius 2 is 2.12 bits per heavy atom. The summed E-state index contributed by atoms with van der Waals surface area (Å²) in [6, 6.07) is 4.70. The van der Waals surface area contributed by atoms with Crippen LogP contribution < -0.4 is 5.73 Å². The maximum Gasteiger partial charge on any atom is 0.123 e. The smallest absolute Gasteiger partial charge is 0.123 e. The third-order valence-electron chi connectivity index (χ3n) is 3.54. The third-order valence-corrected chi connectivity index (χ3v) is 3.54. The average Bonchev–Trinajstić information content (AvgIpc) is 2.26. The zero-order valence-corrected chi connectivity index (χ0v) is 10.1. The van der Waals surface area contributed by atoms with E-state index in [0.717, 1.165) is 30.1 Å². The molecule has 1 aliphatic rings. The Morgan fingerprint density at radius 1 is 1.29 bits per heavy atom. The van der Waals surface area contributed by atoms with Crippen LogP contribution >= 0.6 is 0 Å². The molecule has 1 aromatic rings. The van der Waals surface area contributed by atoms with Crippen molar-refractivity contribution in [3.8, 4) is 0 Å². The highest BCUT2D eigenvalue weighted by molar-refractivity contribution is 5.27. The summed E-state index contributed by atoms with van der Waals surface area (Å²) in [4.78, 5) is 0. The van der Waals surface area contributed by atoms with Crippen molar-refractivity contribution in [2.75, 3.05) is 6.61 Å². The SMILES string of the molecule is NCc1ccc(F)cc1COCCC1CCC1. The van der Waals surface area contributed by atoms with E-state index in [1.54, 1.807) is 6.07 Å². The van der Waals surface area contributed by atoms with Gasteiger partial charge in [-0.3, -0.25) is 0 Å². The lowest BCUT2D eigenvalue weighted by Crippen LogP contribution is -2.13. The van der Waals surface area contributed by atoms with Gasteiger partial charge in [-0.2, -0.15) is 0 Å². The normalized spacial score (nSPS) is 15.9. The van der Waals surface area contributed by atoms with E-state index in [2.05, 4.69) is 0 Å². The van der Waals surface area contributed by atoms with E-state index >= 15 is 0 Å². The minimum atomic E-state index is -0.222. The number of halogens is 1. The van der Waals surface area contributed by atoms with Crippen LogP contribution in [0.25, 0.3) is 0 Å². The third kappa shape index (κ3) is 3.51. The first kappa shape index (κ1) is 12.5. The van der Waals surface area contributed by atoms with Gasteiger partial charge >= 0.3 is 0 Å². The van der Waals surface area contributed by atoms with Crippen LogP contribution in [0.5, 0.6) is 0 Å². The molecule has 0 radical (unpaired) electrons. The quantitative estimate of drug-likeness (QED) is 0.772. The van der Waals surface area contributed by atoms with Crippen molar-refractivity contribution in [2.45, 2.75) is 38.8 Å². The molecule has 94 valence electrons. The van der Waals surface area contributed by atoms with Crippen LogP contribution in [0.1, 0.15) is 36.8 Å². The molecule has 0 aliphatic heterocycles. The van der Waals surface area contributed by atoms with E-state index in [1.807, 2.05) is 0 Å². The molecule has 2 N–H and O–H groups in total. The van der Waals surface area contributed by atoms with Gasteiger partial charge in [-0.1, -0.05) is 25.3 Å². The fourth-order valence-electron chi connectivity index (χ4n) is 2.14. The lowest BCUT2D eigenvalue weighted by atomic mass is 9.83. The standard InChI is InChI=1S/C14H20FNO/c15-14-5-4-12(9-16)13(8-14)10-17-7-6-11-2-1-3-11/h4-5,8,11H,1-3,6-7,9-10,16H2. The van der Waals surface area contributed by atoms with E-state index in [0.29, 0.717) is 13.2 Å². The van der Waals surface area contributed by atoms with Crippen molar-refractivity contribution in [1.29, 1.82) is 0 Å². The summed E-state index contributed by atoms with van der Waals surface area (Å²) in [5, 5.41) is 0. The van der Waals surface area contributed by atoms with Gasteiger partial charge in [0.2, 0.25) is 0 Å². The molecule has 3 heteroatoms. The monoisotopic (exact) mass is 237 g/mol. The highest BCUT2D eigenvalue weighted by Crippen LogP contribution is 2.29. The molecule has 0 amide bonds. The Labute approximate surface area is 102 Å². The van der Waals surface area contributed by atoms with Crippen LogP contribution in [0.4, 0.5) is 4.39 Å². The van der Waals surface area contributed by atoms with Crippen LogP contribution in [0.2, 0.25) is 0 Å². The Balaban J connectivity index is 1.78. The Kier molecular flexibility index (Phi) is 4.51. The second kappa shape index (κ2) is 6.12. The molecule has 2 rings (SSSR count). The average molecular weight is 237 g/mol. The van der Waals surface area contributed by atoms with Crippen molar-refractivity contribution in [2.24, 2.45) is 11.7 Å². The summed E-state index contributed by atoms with van der Waals surface area (Å²) in [6.07, 6.45) is 5.19. The fourth-order valence-corrected chi connectivity index (χ4v) is 2.14. The summed E-state index contributed by atoms with van der Waals surface area (Å²) in [6.45, 7) is 1.67. The van der Waals surface area contributed by atoms with E-state index in [9.17, 15) is 4.39 Å². The topological polar surface area (TPSA) is 35.2 Å². The van der Waals surface area contributed by atoms with Gasteiger partial charge in [-0.25, -0.2) is 4.39 Å². The van der Waals surface area contributed by atoms with E-state index in [-0.39, 0.29) is 5.82 Å². The molecule has 0 atom stereocenters.